The second kappa shape index (κ2) is 7.41. The molecule has 0 amide bonds. The third-order valence-electron chi connectivity index (χ3n) is 3.88. The van der Waals surface area contributed by atoms with E-state index in [1.807, 2.05) is 15.6 Å². The molecule has 2 rings (SSSR count). The van der Waals surface area contributed by atoms with Crippen LogP contribution in [0.3, 0.4) is 0 Å². The lowest BCUT2D eigenvalue weighted by Crippen LogP contribution is -2.04. The summed E-state index contributed by atoms with van der Waals surface area (Å²) in [7, 11) is 1.71. The molecule has 116 valence electrons. The predicted molar refractivity (Wildman–Crippen MR) is 83.5 cm³/mol. The van der Waals surface area contributed by atoms with Crippen molar-refractivity contribution in [2.75, 3.05) is 13.7 Å². The van der Waals surface area contributed by atoms with Gasteiger partial charge in [-0.25, -0.2) is 0 Å². The van der Waals surface area contributed by atoms with Crippen molar-refractivity contribution in [2.24, 2.45) is 0 Å². The fourth-order valence-electron chi connectivity index (χ4n) is 2.48. The van der Waals surface area contributed by atoms with Crippen LogP contribution < -0.4 is 0 Å². The fourth-order valence-corrected chi connectivity index (χ4v) is 2.48. The van der Waals surface area contributed by atoms with Gasteiger partial charge in [-0.2, -0.15) is 10.2 Å². The average molecular weight is 290 g/mol. The quantitative estimate of drug-likeness (QED) is 0.751. The molecule has 2 aromatic rings. The van der Waals surface area contributed by atoms with E-state index in [0.717, 1.165) is 25.9 Å². The summed E-state index contributed by atoms with van der Waals surface area (Å²) in [5.74, 6) is 0.423. The van der Waals surface area contributed by atoms with Crippen LogP contribution in [0.15, 0.2) is 18.6 Å². The highest BCUT2D eigenvalue weighted by Gasteiger charge is 2.14. The summed E-state index contributed by atoms with van der Waals surface area (Å²) in [6.45, 7) is 8.97. The van der Waals surface area contributed by atoms with Crippen molar-refractivity contribution in [3.05, 3.63) is 35.4 Å². The van der Waals surface area contributed by atoms with Crippen LogP contribution in [0.2, 0.25) is 0 Å². The maximum Gasteiger partial charge on any atom is 0.0662 e. The summed E-state index contributed by atoms with van der Waals surface area (Å²) < 4.78 is 9.06. The molecular formula is C16H26N4O. The summed E-state index contributed by atoms with van der Waals surface area (Å²) in [4.78, 5) is 0. The van der Waals surface area contributed by atoms with Crippen molar-refractivity contribution >= 4 is 0 Å². The van der Waals surface area contributed by atoms with Crippen molar-refractivity contribution in [2.45, 2.75) is 52.6 Å². The third-order valence-corrected chi connectivity index (χ3v) is 3.88. The van der Waals surface area contributed by atoms with E-state index in [1.54, 1.807) is 7.11 Å². The number of rotatable bonds is 8. The molecule has 0 N–H and O–H groups in total. The Morgan fingerprint density at radius 2 is 2.05 bits per heavy atom. The van der Waals surface area contributed by atoms with Crippen molar-refractivity contribution in [3.8, 4) is 0 Å². The SMILES string of the molecule is CCc1cn(CC)nc1CC(C)c1cnn(CCOC)c1. The number of hydrogen-bond acceptors (Lipinski definition) is 3. The van der Waals surface area contributed by atoms with Gasteiger partial charge in [0.2, 0.25) is 0 Å². The van der Waals surface area contributed by atoms with Gasteiger partial charge in [0.25, 0.3) is 0 Å². The zero-order valence-corrected chi connectivity index (χ0v) is 13.5. The largest absolute Gasteiger partial charge is 0.383 e. The summed E-state index contributed by atoms with van der Waals surface area (Å²) in [6, 6.07) is 0. The number of nitrogens with zero attached hydrogens (tertiary/aromatic N) is 4. The molecule has 2 aromatic heterocycles. The first kappa shape index (κ1) is 15.8. The molecule has 2 heterocycles. The Balaban J connectivity index is 2.05. The van der Waals surface area contributed by atoms with Crippen LogP contribution in [0.1, 0.15) is 43.5 Å². The minimum atomic E-state index is 0.423. The van der Waals surface area contributed by atoms with E-state index in [-0.39, 0.29) is 0 Å². The molecule has 0 fully saturated rings. The average Bonchev–Trinajstić information content (AvgIpc) is 3.11. The Bertz CT molecular complexity index is 558. The lowest BCUT2D eigenvalue weighted by atomic mass is 9.97. The molecule has 0 aromatic carbocycles. The van der Waals surface area contributed by atoms with Crippen molar-refractivity contribution in [1.82, 2.24) is 19.6 Å². The van der Waals surface area contributed by atoms with Crippen molar-refractivity contribution < 1.29 is 4.74 Å². The van der Waals surface area contributed by atoms with Gasteiger partial charge in [-0.1, -0.05) is 13.8 Å². The summed E-state index contributed by atoms with van der Waals surface area (Å²) in [5.41, 5.74) is 3.84. The number of hydrogen-bond donors (Lipinski definition) is 0. The predicted octanol–water partition coefficient (Wildman–Crippen LogP) is 2.65. The van der Waals surface area contributed by atoms with E-state index in [2.05, 4.69) is 38.3 Å². The summed E-state index contributed by atoms with van der Waals surface area (Å²) in [6.07, 6.45) is 8.25. The molecule has 0 aliphatic rings. The first-order valence-corrected chi connectivity index (χ1v) is 7.74. The van der Waals surface area contributed by atoms with Crippen LogP contribution in [0.5, 0.6) is 0 Å². The highest BCUT2D eigenvalue weighted by atomic mass is 16.5. The Morgan fingerprint density at radius 1 is 1.24 bits per heavy atom. The number of aryl methyl sites for hydroxylation is 2. The monoisotopic (exact) mass is 290 g/mol. The molecule has 0 bridgehead atoms. The van der Waals surface area contributed by atoms with Crippen LogP contribution >= 0.6 is 0 Å². The van der Waals surface area contributed by atoms with Gasteiger partial charge >= 0.3 is 0 Å². The Hall–Kier alpha value is -1.62. The highest BCUT2D eigenvalue weighted by Crippen LogP contribution is 2.21. The first-order valence-electron chi connectivity index (χ1n) is 7.74. The van der Waals surface area contributed by atoms with Gasteiger partial charge in [-0.15, -0.1) is 0 Å². The van der Waals surface area contributed by atoms with E-state index in [1.165, 1.54) is 16.8 Å². The van der Waals surface area contributed by atoms with Crippen molar-refractivity contribution in [3.63, 3.8) is 0 Å². The van der Waals surface area contributed by atoms with E-state index < -0.39 is 0 Å². The van der Waals surface area contributed by atoms with E-state index in [9.17, 15) is 0 Å². The molecule has 21 heavy (non-hydrogen) atoms. The molecule has 5 heteroatoms. The molecular weight excluding hydrogens is 264 g/mol. The first-order chi connectivity index (χ1) is 10.2. The number of methoxy groups -OCH3 is 1. The normalized spacial score (nSPS) is 12.8. The standard InChI is InChI=1S/C16H26N4O/c1-5-14-11-19(6-2)18-16(14)9-13(3)15-10-17-20(12-15)7-8-21-4/h10-13H,5-9H2,1-4H3. The van der Waals surface area contributed by atoms with Crippen LogP contribution in [-0.4, -0.2) is 33.3 Å². The van der Waals surface area contributed by atoms with Crippen LogP contribution in [0, 0.1) is 0 Å². The van der Waals surface area contributed by atoms with Crippen LogP contribution in [-0.2, 0) is 30.7 Å². The van der Waals surface area contributed by atoms with Crippen LogP contribution in [0.25, 0.3) is 0 Å². The zero-order chi connectivity index (χ0) is 15.2. The molecule has 0 saturated heterocycles. The Kier molecular flexibility index (Phi) is 5.56. The lowest BCUT2D eigenvalue weighted by Gasteiger charge is -2.08. The lowest BCUT2D eigenvalue weighted by molar-refractivity contribution is 0.183. The van der Waals surface area contributed by atoms with E-state index in [0.29, 0.717) is 12.5 Å². The molecule has 0 radical (unpaired) electrons. The van der Waals surface area contributed by atoms with Gasteiger partial charge in [-0.3, -0.25) is 9.36 Å². The molecule has 0 aliphatic carbocycles. The zero-order valence-electron chi connectivity index (χ0n) is 13.5. The molecule has 0 aliphatic heterocycles. The summed E-state index contributed by atoms with van der Waals surface area (Å²) >= 11 is 0. The molecule has 0 saturated carbocycles. The number of ether oxygens (including phenoxy) is 1. The summed E-state index contributed by atoms with van der Waals surface area (Å²) in [5, 5.41) is 9.08. The van der Waals surface area contributed by atoms with E-state index in [4.69, 9.17) is 9.84 Å². The molecule has 0 spiro atoms. The Morgan fingerprint density at radius 3 is 2.71 bits per heavy atom. The minimum Gasteiger partial charge on any atom is -0.383 e. The van der Waals surface area contributed by atoms with Crippen molar-refractivity contribution in [1.29, 1.82) is 0 Å². The minimum absolute atomic E-state index is 0.423. The van der Waals surface area contributed by atoms with Crippen LogP contribution in [0.4, 0.5) is 0 Å². The van der Waals surface area contributed by atoms with Gasteiger partial charge in [0.15, 0.2) is 0 Å². The fraction of sp³-hybridized carbons (Fsp3) is 0.625. The van der Waals surface area contributed by atoms with Gasteiger partial charge < -0.3 is 4.74 Å². The Labute approximate surface area is 126 Å². The maximum atomic E-state index is 5.08. The van der Waals surface area contributed by atoms with Gasteiger partial charge in [-0.05, 0) is 36.8 Å². The third kappa shape index (κ3) is 3.94. The van der Waals surface area contributed by atoms with Gasteiger partial charge in [0.05, 0.1) is 25.0 Å². The molecule has 1 unspecified atom stereocenters. The highest BCUT2D eigenvalue weighted by molar-refractivity contribution is 5.21. The van der Waals surface area contributed by atoms with Gasteiger partial charge in [0, 0.05) is 26.0 Å². The second-order valence-corrected chi connectivity index (χ2v) is 5.44. The number of aromatic nitrogens is 4. The second-order valence-electron chi connectivity index (χ2n) is 5.44. The molecule has 5 nitrogen and oxygen atoms in total. The topological polar surface area (TPSA) is 44.9 Å². The smallest absolute Gasteiger partial charge is 0.0662 e. The van der Waals surface area contributed by atoms with Gasteiger partial charge in [0.1, 0.15) is 0 Å². The van der Waals surface area contributed by atoms with E-state index >= 15 is 0 Å². The molecule has 1 atom stereocenters. The maximum absolute atomic E-state index is 5.08.